The largest absolute Gasteiger partial charge is 0.356 e. The number of hydrogen-bond acceptors (Lipinski definition) is 19. The Morgan fingerprint density at radius 2 is 1.05 bits per heavy atom. The number of rotatable bonds is 44. The molecule has 0 spiro atoms. The number of carbonyl (C=O) groups is 7. The van der Waals surface area contributed by atoms with Gasteiger partial charge in [0.1, 0.15) is 43.4 Å². The molecule has 4 heterocycles. The lowest BCUT2D eigenvalue weighted by atomic mass is 9.99. The van der Waals surface area contributed by atoms with E-state index in [-0.39, 0.29) is 47.4 Å². The third-order valence-electron chi connectivity index (χ3n) is 13.3. The van der Waals surface area contributed by atoms with Gasteiger partial charge >= 0.3 is 0 Å². The van der Waals surface area contributed by atoms with Crippen molar-refractivity contribution in [1.29, 1.82) is 0 Å². The zero-order valence-corrected chi connectivity index (χ0v) is 48.9. The van der Waals surface area contributed by atoms with E-state index in [4.69, 9.17) is 0 Å². The van der Waals surface area contributed by atoms with Crippen LogP contribution in [0.5, 0.6) is 0 Å². The second-order valence-electron chi connectivity index (χ2n) is 20.6. The number of hydrogen-bond donors (Lipinski definition) is 5. The van der Waals surface area contributed by atoms with Crippen LogP contribution in [0.4, 0.5) is 0 Å². The van der Waals surface area contributed by atoms with Gasteiger partial charge in [-0.25, -0.2) is 0 Å². The fraction of sp³-hybridized carbons (Fsp3) is 0.722. The summed E-state index contributed by atoms with van der Waals surface area (Å²) in [5.41, 5.74) is 1.72. The second-order valence-corrected chi connectivity index (χ2v) is 23.1. The summed E-state index contributed by atoms with van der Waals surface area (Å²) in [6.07, 6.45) is 18.2. The maximum absolute atomic E-state index is 13.3. The topological polar surface area (TPSA) is 293 Å². The van der Waals surface area contributed by atoms with E-state index in [1.807, 2.05) is 42.5 Å². The van der Waals surface area contributed by atoms with Crippen molar-refractivity contribution in [1.82, 2.24) is 77.0 Å². The maximum Gasteiger partial charge on any atom is 0.242 e. The number of aromatic nitrogens is 10. The first kappa shape index (κ1) is 64.9. The predicted molar refractivity (Wildman–Crippen MR) is 300 cm³/mol. The van der Waals surface area contributed by atoms with Crippen LogP contribution in [0, 0.1) is 19.8 Å². The molecule has 0 bridgehead atoms. The molecule has 5 atom stereocenters. The lowest BCUT2D eigenvalue weighted by Gasteiger charge is -2.22. The van der Waals surface area contributed by atoms with Crippen molar-refractivity contribution in [2.24, 2.45) is 5.92 Å². The van der Waals surface area contributed by atoms with Crippen LogP contribution in [-0.2, 0) is 72.3 Å². The Bertz CT molecular complexity index is 2450. The van der Waals surface area contributed by atoms with Gasteiger partial charge in [0.05, 0.1) is 42.4 Å². The third-order valence-corrected chi connectivity index (χ3v) is 15.0. The SMILES string of the molecule is CCCCCC(=O)[C@H](CCCCNC(=O)[C@H](C)CC(=O)[C@H](C)NCCCCCn1cc(CCCC(=O)Cc2nnc(C)s2)nn1)NC(=O)[C@H](C)NC(=O)[C@H](C)NCCCCCn1cc(CCCC(=O)Cc2nnc(C)s2)nn1. The normalized spacial score (nSPS) is 13.4. The quantitative estimate of drug-likeness (QED) is 0.0343. The molecule has 0 unspecified atom stereocenters. The van der Waals surface area contributed by atoms with E-state index in [0.717, 1.165) is 95.8 Å². The highest BCUT2D eigenvalue weighted by atomic mass is 32.1. The Labute approximate surface area is 468 Å². The molecule has 22 nitrogen and oxygen atoms in total. The van der Waals surface area contributed by atoms with Gasteiger partial charge in [-0.3, -0.25) is 42.9 Å². The summed E-state index contributed by atoms with van der Waals surface area (Å²) in [4.78, 5) is 90.1. The van der Waals surface area contributed by atoms with Gasteiger partial charge in [-0.05, 0) is 125 Å². The van der Waals surface area contributed by atoms with Crippen LogP contribution in [0.25, 0.3) is 0 Å². The Morgan fingerprint density at radius 1 is 0.526 bits per heavy atom. The molecule has 0 aliphatic rings. The van der Waals surface area contributed by atoms with Gasteiger partial charge < -0.3 is 26.6 Å². The van der Waals surface area contributed by atoms with Crippen molar-refractivity contribution in [2.75, 3.05) is 19.6 Å². The Morgan fingerprint density at radius 3 is 1.58 bits per heavy atom. The summed E-state index contributed by atoms with van der Waals surface area (Å²) in [6.45, 7) is 15.9. The molecule has 432 valence electrons. The van der Waals surface area contributed by atoms with Crippen molar-refractivity contribution in [2.45, 2.75) is 227 Å². The zero-order chi connectivity index (χ0) is 56.7. The Kier molecular flexibility index (Phi) is 30.4. The number of nitrogens with zero attached hydrogens (tertiary/aromatic N) is 10. The highest BCUT2D eigenvalue weighted by Crippen LogP contribution is 2.15. The minimum Gasteiger partial charge on any atom is -0.356 e. The van der Waals surface area contributed by atoms with Crippen molar-refractivity contribution in [3.8, 4) is 0 Å². The lowest BCUT2D eigenvalue weighted by Crippen LogP contribution is -2.53. The summed E-state index contributed by atoms with van der Waals surface area (Å²) < 4.78 is 3.65. The molecule has 5 N–H and O–H groups in total. The van der Waals surface area contributed by atoms with Gasteiger partial charge in [0.25, 0.3) is 0 Å². The second kappa shape index (κ2) is 36.6. The molecule has 0 saturated heterocycles. The van der Waals surface area contributed by atoms with Crippen LogP contribution in [0.1, 0.15) is 182 Å². The van der Waals surface area contributed by atoms with E-state index in [1.165, 1.54) is 22.7 Å². The molecular weight excluding hydrogens is 1030 g/mol. The third kappa shape index (κ3) is 26.4. The molecule has 0 fully saturated rings. The van der Waals surface area contributed by atoms with Gasteiger partial charge in [-0.15, -0.1) is 53.3 Å². The smallest absolute Gasteiger partial charge is 0.242 e. The van der Waals surface area contributed by atoms with Gasteiger partial charge in [-0.1, -0.05) is 50.0 Å². The fourth-order valence-corrected chi connectivity index (χ4v) is 10.0. The van der Waals surface area contributed by atoms with Crippen molar-refractivity contribution < 1.29 is 33.6 Å². The van der Waals surface area contributed by atoms with Crippen LogP contribution in [0.2, 0.25) is 0 Å². The first-order valence-corrected chi connectivity index (χ1v) is 29.9. The van der Waals surface area contributed by atoms with E-state index < -0.39 is 30.0 Å². The minimum atomic E-state index is -0.857. The average molecular weight is 1120 g/mol. The first-order valence-electron chi connectivity index (χ1n) is 28.3. The number of ketones is 4. The van der Waals surface area contributed by atoms with E-state index >= 15 is 0 Å². The van der Waals surface area contributed by atoms with Crippen LogP contribution in [0.15, 0.2) is 12.4 Å². The summed E-state index contributed by atoms with van der Waals surface area (Å²) in [7, 11) is 0. The van der Waals surface area contributed by atoms with Crippen LogP contribution < -0.4 is 26.6 Å². The van der Waals surface area contributed by atoms with Gasteiger partial charge in [0, 0.05) is 63.6 Å². The van der Waals surface area contributed by atoms with Crippen molar-refractivity contribution in [3.05, 3.63) is 43.8 Å². The van der Waals surface area contributed by atoms with E-state index in [2.05, 4.69) is 74.5 Å². The van der Waals surface area contributed by atoms with Crippen LogP contribution in [-0.4, -0.2) is 135 Å². The van der Waals surface area contributed by atoms with Crippen LogP contribution in [0.3, 0.4) is 0 Å². The number of nitrogens with one attached hydrogen (secondary N) is 5. The first-order chi connectivity index (χ1) is 37.5. The van der Waals surface area contributed by atoms with E-state index in [0.29, 0.717) is 103 Å². The molecule has 4 rings (SSSR count). The molecule has 4 aromatic heterocycles. The number of Topliss-reactive ketones (excluding diaryl/α,β-unsaturated/α-hetero) is 4. The summed E-state index contributed by atoms with van der Waals surface area (Å²) >= 11 is 2.90. The molecule has 78 heavy (non-hydrogen) atoms. The molecule has 4 aromatic rings. The summed E-state index contributed by atoms with van der Waals surface area (Å²) in [5, 5.41) is 51.3. The fourth-order valence-electron chi connectivity index (χ4n) is 8.55. The maximum atomic E-state index is 13.3. The number of amides is 3. The highest BCUT2D eigenvalue weighted by Gasteiger charge is 2.26. The van der Waals surface area contributed by atoms with E-state index in [9.17, 15) is 33.6 Å². The van der Waals surface area contributed by atoms with E-state index in [1.54, 1.807) is 20.8 Å². The number of aryl methyl sites for hydroxylation is 6. The molecule has 3 amide bonds. The molecule has 0 aliphatic heterocycles. The molecule has 24 heteroatoms. The monoisotopic (exact) mass is 1120 g/mol. The Balaban J connectivity index is 1.02. The molecule has 0 aromatic carbocycles. The predicted octanol–water partition coefficient (Wildman–Crippen LogP) is 5.48. The van der Waals surface area contributed by atoms with Crippen LogP contribution >= 0.6 is 22.7 Å². The number of carbonyl (C=O) groups excluding carboxylic acids is 7. The average Bonchev–Trinajstić information content (AvgIpc) is 4.24. The summed E-state index contributed by atoms with van der Waals surface area (Å²) in [6, 6.07) is -2.48. The molecule has 0 aliphatic carbocycles. The molecule has 0 radical (unpaired) electrons. The standard InChI is InChI=1S/C54H87N15O7S2/c1-8-9-12-26-48(72)47(59-54(76)40(5)58-53(75)39(4)56-28-15-11-18-31-69-36-44(63-67-69)22-20-24-46(71)34-51-65-61-42(7)78-51)25-13-16-29-57-52(74)37(2)32-49(73)38(3)55-27-14-10-17-30-68-35-43(62-66-68)21-19-23-45(70)33-50-64-60-41(6)77-50/h35-40,47,55-56H,8-34H2,1-7H3,(H,57,74)(H,58,75)(H,59,76)/t37-,38+,39+,40+,47+/m1/s1. The van der Waals surface area contributed by atoms with Crippen molar-refractivity contribution >= 4 is 63.5 Å². The highest BCUT2D eigenvalue weighted by molar-refractivity contribution is 7.11. The Hall–Kier alpha value is -5.59. The number of unbranched alkanes of at least 4 members (excludes halogenated alkanes) is 7. The molecule has 0 saturated carbocycles. The molecular formula is C54H87N15O7S2. The zero-order valence-electron chi connectivity index (χ0n) is 47.3. The lowest BCUT2D eigenvalue weighted by molar-refractivity contribution is -0.131. The minimum absolute atomic E-state index is 0.0283. The van der Waals surface area contributed by atoms with Gasteiger partial charge in [0.15, 0.2) is 5.78 Å². The van der Waals surface area contributed by atoms with Crippen molar-refractivity contribution in [3.63, 3.8) is 0 Å². The van der Waals surface area contributed by atoms with Gasteiger partial charge in [-0.2, -0.15) is 0 Å². The summed E-state index contributed by atoms with van der Waals surface area (Å²) in [5.74, 6) is -1.24. The van der Waals surface area contributed by atoms with Gasteiger partial charge in [0.2, 0.25) is 17.7 Å².